The van der Waals surface area contributed by atoms with Gasteiger partial charge in [0.25, 0.3) is 21.7 Å². The van der Waals surface area contributed by atoms with Crippen molar-refractivity contribution in [1.29, 1.82) is 0 Å². The number of aryl methyl sites for hydroxylation is 1. The molecule has 0 spiro atoms. The third-order valence-electron chi connectivity index (χ3n) is 4.16. The van der Waals surface area contributed by atoms with Gasteiger partial charge in [-0.3, -0.25) is 19.5 Å². The molecule has 10 heteroatoms. The highest BCUT2D eigenvalue weighted by molar-refractivity contribution is 7.86. The van der Waals surface area contributed by atoms with Crippen LogP contribution in [0.4, 0.5) is 11.4 Å². The number of phenols is 1. The van der Waals surface area contributed by atoms with Crippen LogP contribution in [-0.4, -0.2) is 28.9 Å². The molecule has 3 N–H and O–H groups in total. The number of nitro groups is 1. The molecule has 0 aliphatic rings. The van der Waals surface area contributed by atoms with Crippen LogP contribution in [0.1, 0.15) is 15.9 Å². The van der Waals surface area contributed by atoms with Gasteiger partial charge in [0, 0.05) is 22.6 Å². The van der Waals surface area contributed by atoms with Crippen LogP contribution in [-0.2, 0) is 10.1 Å². The summed E-state index contributed by atoms with van der Waals surface area (Å²) in [5.41, 5.74) is -0.418. The summed E-state index contributed by atoms with van der Waals surface area (Å²) in [6.07, 6.45) is 0. The van der Waals surface area contributed by atoms with E-state index in [1.54, 1.807) is 12.1 Å². The molecule has 3 aromatic carbocycles. The van der Waals surface area contributed by atoms with Gasteiger partial charge in [0.05, 0.1) is 4.92 Å². The molecular formula is C18H14N2O7S. The quantitative estimate of drug-likeness (QED) is 0.263. The summed E-state index contributed by atoms with van der Waals surface area (Å²) in [6.45, 7) is 1.45. The number of phenolic OH excluding ortho intramolecular Hbond substituents is 1. The molecule has 0 atom stereocenters. The molecule has 0 saturated heterocycles. The molecule has 0 aromatic heterocycles. The SMILES string of the molecule is Cc1cc(C(=O)Nc2c(S(=O)(=O)O)cc3ccccc3c2O)ccc1[N+](=O)[O-]. The summed E-state index contributed by atoms with van der Waals surface area (Å²) in [6, 6.07) is 11.0. The fourth-order valence-corrected chi connectivity index (χ4v) is 3.50. The first-order valence-electron chi connectivity index (χ1n) is 7.88. The number of nitrogens with one attached hydrogen (secondary N) is 1. The number of fused-ring (bicyclic) bond motifs is 1. The highest BCUT2D eigenvalue weighted by Crippen LogP contribution is 2.38. The summed E-state index contributed by atoms with van der Waals surface area (Å²) in [4.78, 5) is 22.2. The number of carbonyl (C=O) groups excluding carboxylic acids is 1. The highest BCUT2D eigenvalue weighted by Gasteiger charge is 2.24. The van der Waals surface area contributed by atoms with E-state index in [9.17, 15) is 33.0 Å². The lowest BCUT2D eigenvalue weighted by molar-refractivity contribution is -0.385. The fourth-order valence-electron chi connectivity index (χ4n) is 2.81. The number of hydrogen-bond acceptors (Lipinski definition) is 6. The Morgan fingerprint density at radius 1 is 1.14 bits per heavy atom. The van der Waals surface area contributed by atoms with Gasteiger partial charge in [-0.15, -0.1) is 0 Å². The number of hydrogen-bond donors (Lipinski definition) is 3. The van der Waals surface area contributed by atoms with Crippen molar-refractivity contribution in [2.45, 2.75) is 11.8 Å². The standard InChI is InChI=1S/C18H14N2O7S/c1-10-8-12(6-7-14(10)20(23)24)18(22)19-16-15(28(25,26)27)9-11-4-2-3-5-13(11)17(16)21/h2-9,21H,1H3,(H,19,22)(H,25,26,27). The van der Waals surface area contributed by atoms with Gasteiger partial charge in [0.1, 0.15) is 16.3 Å². The molecule has 144 valence electrons. The summed E-state index contributed by atoms with van der Waals surface area (Å²) in [5.74, 6) is -1.34. The molecular weight excluding hydrogens is 388 g/mol. The predicted octanol–water partition coefficient (Wildman–Crippen LogP) is 3.26. The maximum Gasteiger partial charge on any atom is 0.296 e. The number of aromatic hydroxyl groups is 1. The van der Waals surface area contributed by atoms with E-state index in [2.05, 4.69) is 5.32 Å². The highest BCUT2D eigenvalue weighted by atomic mass is 32.2. The van der Waals surface area contributed by atoms with Crippen LogP contribution in [0.3, 0.4) is 0 Å². The van der Waals surface area contributed by atoms with Gasteiger partial charge >= 0.3 is 0 Å². The Hall–Kier alpha value is -3.50. The molecule has 3 aromatic rings. The lowest BCUT2D eigenvalue weighted by Gasteiger charge is -2.14. The Labute approximate surface area is 159 Å². The summed E-state index contributed by atoms with van der Waals surface area (Å²) < 4.78 is 33.0. The molecule has 0 bridgehead atoms. The van der Waals surface area contributed by atoms with Crippen LogP contribution in [0.5, 0.6) is 5.75 Å². The van der Waals surface area contributed by atoms with Crippen molar-refractivity contribution >= 4 is 38.2 Å². The second kappa shape index (κ2) is 6.91. The van der Waals surface area contributed by atoms with Gasteiger partial charge < -0.3 is 10.4 Å². The Bertz CT molecular complexity index is 1240. The number of benzene rings is 3. The fraction of sp³-hybridized carbons (Fsp3) is 0.0556. The van der Waals surface area contributed by atoms with Gasteiger partial charge in [-0.25, -0.2) is 0 Å². The molecule has 0 aliphatic heterocycles. The van der Waals surface area contributed by atoms with Gasteiger partial charge in [0.2, 0.25) is 0 Å². The minimum absolute atomic E-state index is 0.0111. The average Bonchev–Trinajstić information content (AvgIpc) is 2.62. The molecule has 0 heterocycles. The zero-order chi connectivity index (χ0) is 20.6. The molecule has 1 amide bonds. The molecule has 3 rings (SSSR count). The van der Waals surface area contributed by atoms with Crippen molar-refractivity contribution in [2.24, 2.45) is 0 Å². The van der Waals surface area contributed by atoms with Gasteiger partial charge in [0.15, 0.2) is 0 Å². The van der Waals surface area contributed by atoms with Gasteiger partial charge in [-0.05, 0) is 30.5 Å². The van der Waals surface area contributed by atoms with Crippen LogP contribution in [0, 0.1) is 17.0 Å². The predicted molar refractivity (Wildman–Crippen MR) is 101 cm³/mol. The molecule has 0 fully saturated rings. The third kappa shape index (κ3) is 3.50. The summed E-state index contributed by atoms with van der Waals surface area (Å²) in [7, 11) is -4.77. The Balaban J connectivity index is 2.11. The first-order chi connectivity index (χ1) is 13.1. The van der Waals surface area contributed by atoms with Crippen molar-refractivity contribution in [3.63, 3.8) is 0 Å². The molecule has 0 saturated carbocycles. The maximum atomic E-state index is 12.5. The van der Waals surface area contributed by atoms with Crippen LogP contribution in [0.2, 0.25) is 0 Å². The van der Waals surface area contributed by atoms with E-state index in [1.165, 1.54) is 31.2 Å². The number of anilines is 1. The van der Waals surface area contributed by atoms with Gasteiger partial charge in [-0.1, -0.05) is 24.3 Å². The molecule has 0 aliphatic carbocycles. The first kappa shape index (κ1) is 19.3. The van der Waals surface area contributed by atoms with Crippen LogP contribution < -0.4 is 5.32 Å². The molecule has 0 unspecified atom stereocenters. The zero-order valence-electron chi connectivity index (χ0n) is 14.4. The van der Waals surface area contributed by atoms with Crippen molar-refractivity contribution in [3.05, 3.63) is 69.8 Å². The van der Waals surface area contributed by atoms with Crippen molar-refractivity contribution in [3.8, 4) is 5.75 Å². The van der Waals surface area contributed by atoms with E-state index in [0.29, 0.717) is 5.39 Å². The second-order valence-electron chi connectivity index (χ2n) is 6.01. The third-order valence-corrected chi connectivity index (χ3v) is 5.04. The summed E-state index contributed by atoms with van der Waals surface area (Å²) >= 11 is 0. The first-order valence-corrected chi connectivity index (χ1v) is 9.32. The minimum atomic E-state index is -4.77. The van der Waals surface area contributed by atoms with E-state index >= 15 is 0 Å². The lowest BCUT2D eigenvalue weighted by atomic mass is 10.1. The van der Waals surface area contributed by atoms with Crippen LogP contribution in [0.15, 0.2) is 53.4 Å². The van der Waals surface area contributed by atoms with E-state index in [4.69, 9.17) is 0 Å². The normalized spacial score (nSPS) is 11.4. The number of nitro benzene ring substituents is 1. The lowest BCUT2D eigenvalue weighted by Crippen LogP contribution is -2.15. The Morgan fingerprint density at radius 3 is 2.43 bits per heavy atom. The van der Waals surface area contributed by atoms with Crippen molar-refractivity contribution < 1.29 is 27.8 Å². The number of rotatable bonds is 4. The van der Waals surface area contributed by atoms with Crippen LogP contribution in [0.25, 0.3) is 10.8 Å². The number of amides is 1. The molecule has 28 heavy (non-hydrogen) atoms. The van der Waals surface area contributed by atoms with E-state index < -0.39 is 37.3 Å². The van der Waals surface area contributed by atoms with E-state index in [0.717, 1.165) is 12.1 Å². The topological polar surface area (TPSA) is 147 Å². The largest absolute Gasteiger partial charge is 0.505 e. The van der Waals surface area contributed by atoms with E-state index in [1.807, 2.05) is 0 Å². The smallest absolute Gasteiger partial charge is 0.296 e. The second-order valence-corrected chi connectivity index (χ2v) is 7.40. The van der Waals surface area contributed by atoms with E-state index in [-0.39, 0.29) is 22.2 Å². The summed E-state index contributed by atoms with van der Waals surface area (Å²) in [5, 5.41) is 24.3. The molecule has 0 radical (unpaired) electrons. The van der Waals surface area contributed by atoms with Crippen LogP contribution >= 0.6 is 0 Å². The Kier molecular flexibility index (Phi) is 4.75. The maximum absolute atomic E-state index is 12.5. The number of carbonyl (C=O) groups is 1. The Morgan fingerprint density at radius 2 is 1.82 bits per heavy atom. The molecule has 9 nitrogen and oxygen atoms in total. The van der Waals surface area contributed by atoms with Crippen molar-refractivity contribution in [1.82, 2.24) is 0 Å². The monoisotopic (exact) mass is 402 g/mol. The number of nitrogens with zero attached hydrogens (tertiary/aromatic N) is 1. The van der Waals surface area contributed by atoms with Gasteiger partial charge in [-0.2, -0.15) is 8.42 Å². The average molecular weight is 402 g/mol. The zero-order valence-corrected chi connectivity index (χ0v) is 15.2. The van der Waals surface area contributed by atoms with Crippen molar-refractivity contribution in [2.75, 3.05) is 5.32 Å². The minimum Gasteiger partial charge on any atom is -0.505 e.